The maximum absolute atomic E-state index is 12.3. The van der Waals surface area contributed by atoms with Gasteiger partial charge in [0, 0.05) is 12.4 Å². The monoisotopic (exact) mass is 282 g/mol. The van der Waals surface area contributed by atoms with Crippen molar-refractivity contribution in [3.8, 4) is 0 Å². The number of aromatic nitrogens is 4. The van der Waals surface area contributed by atoms with Gasteiger partial charge in [0.15, 0.2) is 0 Å². The second kappa shape index (κ2) is 4.28. The van der Waals surface area contributed by atoms with E-state index < -0.39 is 0 Å². The highest BCUT2D eigenvalue weighted by molar-refractivity contribution is 7.17. The summed E-state index contributed by atoms with van der Waals surface area (Å²) in [5, 5.41) is 1.88. The molecule has 5 nitrogen and oxygen atoms in total. The van der Waals surface area contributed by atoms with E-state index in [-0.39, 0.29) is 5.56 Å². The Labute approximate surface area is 117 Å². The third-order valence-electron chi connectivity index (χ3n) is 3.18. The van der Waals surface area contributed by atoms with Gasteiger partial charge in [-0.05, 0) is 23.6 Å². The van der Waals surface area contributed by atoms with Crippen LogP contribution in [0.3, 0.4) is 0 Å². The average molecular weight is 282 g/mol. The van der Waals surface area contributed by atoms with Gasteiger partial charge in [-0.1, -0.05) is 6.07 Å². The molecule has 0 saturated carbocycles. The lowest BCUT2D eigenvalue weighted by molar-refractivity contribution is 0.735. The van der Waals surface area contributed by atoms with Crippen LogP contribution in [0.5, 0.6) is 0 Å². The highest BCUT2D eigenvalue weighted by atomic mass is 32.1. The smallest absolute Gasteiger partial charge is 0.271 e. The van der Waals surface area contributed by atoms with Crippen molar-refractivity contribution in [1.82, 2.24) is 18.9 Å². The molecule has 4 heterocycles. The number of rotatable bonds is 2. The van der Waals surface area contributed by atoms with Crippen molar-refractivity contribution in [3.63, 3.8) is 0 Å². The predicted molar refractivity (Wildman–Crippen MR) is 78.2 cm³/mol. The first-order valence-electron chi connectivity index (χ1n) is 6.16. The maximum Gasteiger partial charge on any atom is 0.271 e. The van der Waals surface area contributed by atoms with Gasteiger partial charge in [0.2, 0.25) is 0 Å². The average Bonchev–Trinajstić information content (AvgIpc) is 3.08. The molecule has 98 valence electrons. The van der Waals surface area contributed by atoms with Gasteiger partial charge < -0.3 is 4.40 Å². The molecule has 0 saturated heterocycles. The molecule has 0 aromatic carbocycles. The van der Waals surface area contributed by atoms with Crippen molar-refractivity contribution >= 4 is 27.2 Å². The molecule has 0 unspecified atom stereocenters. The Kier molecular flexibility index (Phi) is 2.43. The minimum atomic E-state index is -0.0120. The van der Waals surface area contributed by atoms with Gasteiger partial charge in [0.05, 0.1) is 24.1 Å². The Hall–Kier alpha value is -2.47. The normalized spacial score (nSPS) is 11.4. The lowest BCUT2D eigenvalue weighted by atomic mass is 10.4. The van der Waals surface area contributed by atoms with E-state index in [1.807, 2.05) is 46.4 Å². The first-order valence-corrected chi connectivity index (χ1v) is 7.04. The lowest BCUT2D eigenvalue weighted by Gasteiger charge is -2.01. The Bertz CT molecular complexity index is 933. The SMILES string of the molecule is O=c1c2sccc2ncn1Cc1cn2ccccc2n1. The van der Waals surface area contributed by atoms with Gasteiger partial charge in [-0.25, -0.2) is 9.97 Å². The minimum Gasteiger partial charge on any atom is -0.307 e. The maximum atomic E-state index is 12.3. The number of hydrogen-bond donors (Lipinski definition) is 0. The van der Waals surface area contributed by atoms with Crippen LogP contribution >= 0.6 is 11.3 Å². The van der Waals surface area contributed by atoms with E-state index in [1.165, 1.54) is 11.3 Å². The molecule has 20 heavy (non-hydrogen) atoms. The van der Waals surface area contributed by atoms with Crippen LogP contribution < -0.4 is 5.56 Å². The zero-order valence-electron chi connectivity index (χ0n) is 10.4. The second-order valence-corrected chi connectivity index (χ2v) is 5.43. The number of fused-ring (bicyclic) bond motifs is 2. The Morgan fingerprint density at radius 1 is 1.25 bits per heavy atom. The van der Waals surface area contributed by atoms with Crippen LogP contribution in [-0.2, 0) is 6.54 Å². The first kappa shape index (κ1) is 11.4. The summed E-state index contributed by atoms with van der Waals surface area (Å²) in [5.41, 5.74) is 2.46. The van der Waals surface area contributed by atoms with Crippen LogP contribution in [0.4, 0.5) is 0 Å². The van der Waals surface area contributed by atoms with Crippen molar-refractivity contribution in [2.24, 2.45) is 0 Å². The fraction of sp³-hybridized carbons (Fsp3) is 0.0714. The van der Waals surface area contributed by atoms with Crippen LogP contribution in [-0.4, -0.2) is 18.9 Å². The summed E-state index contributed by atoms with van der Waals surface area (Å²) in [4.78, 5) is 21.1. The van der Waals surface area contributed by atoms with E-state index in [4.69, 9.17) is 0 Å². The van der Waals surface area contributed by atoms with Gasteiger partial charge in [-0.3, -0.25) is 9.36 Å². The van der Waals surface area contributed by atoms with Crippen molar-refractivity contribution in [2.45, 2.75) is 6.54 Å². The van der Waals surface area contributed by atoms with E-state index in [2.05, 4.69) is 9.97 Å². The summed E-state index contributed by atoms with van der Waals surface area (Å²) in [6.45, 7) is 0.432. The van der Waals surface area contributed by atoms with E-state index in [0.29, 0.717) is 11.2 Å². The highest BCUT2D eigenvalue weighted by Crippen LogP contribution is 2.13. The summed E-state index contributed by atoms with van der Waals surface area (Å²) in [5.74, 6) is 0. The number of pyridine rings is 1. The predicted octanol–water partition coefficient (Wildman–Crippen LogP) is 2.15. The molecule has 0 spiro atoms. The molecule has 0 atom stereocenters. The zero-order chi connectivity index (χ0) is 13.5. The molecule has 0 fully saturated rings. The topological polar surface area (TPSA) is 52.2 Å². The van der Waals surface area contributed by atoms with Gasteiger partial charge in [0.1, 0.15) is 10.3 Å². The number of hydrogen-bond acceptors (Lipinski definition) is 4. The van der Waals surface area contributed by atoms with Crippen LogP contribution in [0.2, 0.25) is 0 Å². The highest BCUT2D eigenvalue weighted by Gasteiger charge is 2.07. The van der Waals surface area contributed by atoms with Crippen LogP contribution in [0.1, 0.15) is 5.69 Å². The molecule has 4 aromatic rings. The summed E-state index contributed by atoms with van der Waals surface area (Å²) in [6, 6.07) is 7.69. The summed E-state index contributed by atoms with van der Waals surface area (Å²) in [6.07, 6.45) is 5.46. The molecule has 0 N–H and O–H groups in total. The third kappa shape index (κ3) is 1.73. The standard InChI is InChI=1S/C14H10N4OS/c19-14-13-11(4-6-20-13)15-9-18(14)8-10-7-17-5-2-1-3-12(17)16-10/h1-7,9H,8H2. The number of nitrogens with zero attached hydrogens (tertiary/aromatic N) is 4. The third-order valence-corrected chi connectivity index (χ3v) is 4.07. The van der Waals surface area contributed by atoms with E-state index in [0.717, 1.165) is 16.9 Å². The van der Waals surface area contributed by atoms with Crippen LogP contribution in [0.25, 0.3) is 15.9 Å². The Morgan fingerprint density at radius 2 is 2.20 bits per heavy atom. The first-order chi connectivity index (χ1) is 9.81. The van der Waals surface area contributed by atoms with Crippen molar-refractivity contribution in [3.05, 3.63) is 64.4 Å². The Morgan fingerprint density at radius 3 is 3.10 bits per heavy atom. The second-order valence-electron chi connectivity index (χ2n) is 4.51. The molecule has 0 aliphatic carbocycles. The number of imidazole rings is 1. The van der Waals surface area contributed by atoms with Gasteiger partial charge in [0.25, 0.3) is 5.56 Å². The largest absolute Gasteiger partial charge is 0.307 e. The fourth-order valence-corrected chi connectivity index (χ4v) is 3.02. The van der Waals surface area contributed by atoms with E-state index in [1.54, 1.807) is 10.9 Å². The minimum absolute atomic E-state index is 0.0120. The van der Waals surface area contributed by atoms with Crippen molar-refractivity contribution in [1.29, 1.82) is 0 Å². The van der Waals surface area contributed by atoms with Crippen molar-refractivity contribution in [2.75, 3.05) is 0 Å². The van der Waals surface area contributed by atoms with Crippen molar-refractivity contribution < 1.29 is 0 Å². The molecule has 0 radical (unpaired) electrons. The molecule has 4 rings (SSSR count). The molecule has 0 aliphatic rings. The van der Waals surface area contributed by atoms with E-state index >= 15 is 0 Å². The van der Waals surface area contributed by atoms with Crippen LogP contribution in [0.15, 0.2) is 53.2 Å². The summed E-state index contributed by atoms with van der Waals surface area (Å²) < 4.78 is 4.23. The molecule has 0 bridgehead atoms. The van der Waals surface area contributed by atoms with E-state index in [9.17, 15) is 4.79 Å². The molecule has 0 aliphatic heterocycles. The molecular formula is C14H10N4OS. The summed E-state index contributed by atoms with van der Waals surface area (Å²) >= 11 is 1.42. The fourth-order valence-electron chi connectivity index (χ4n) is 2.23. The van der Waals surface area contributed by atoms with Gasteiger partial charge in [-0.15, -0.1) is 11.3 Å². The molecule has 4 aromatic heterocycles. The lowest BCUT2D eigenvalue weighted by Crippen LogP contribution is -2.20. The molecular weight excluding hydrogens is 272 g/mol. The van der Waals surface area contributed by atoms with Crippen LogP contribution in [0, 0.1) is 0 Å². The Balaban J connectivity index is 1.80. The summed E-state index contributed by atoms with van der Waals surface area (Å²) in [7, 11) is 0. The number of thiophene rings is 1. The quantitative estimate of drug-likeness (QED) is 0.566. The molecule has 6 heteroatoms. The van der Waals surface area contributed by atoms with Gasteiger partial charge in [-0.2, -0.15) is 0 Å². The zero-order valence-corrected chi connectivity index (χ0v) is 11.2. The van der Waals surface area contributed by atoms with Gasteiger partial charge >= 0.3 is 0 Å². The molecule has 0 amide bonds.